The molecule has 0 saturated carbocycles. The first-order valence-corrected chi connectivity index (χ1v) is 6.01. The second-order valence-corrected chi connectivity index (χ2v) is 4.27. The second-order valence-electron chi connectivity index (χ2n) is 3.86. The Bertz CT molecular complexity index is 454. The zero-order valence-electron chi connectivity index (χ0n) is 10.5. The molecule has 0 bridgehead atoms. The van der Waals surface area contributed by atoms with Crippen LogP contribution in [0.25, 0.3) is 0 Å². The SMILES string of the molecule is CCOC(=O)C(=O)c1ccc(OC(C)C)cc1Cl. The molecule has 4 nitrogen and oxygen atoms in total. The van der Waals surface area contributed by atoms with E-state index in [1.54, 1.807) is 13.0 Å². The Hall–Kier alpha value is -1.55. The van der Waals surface area contributed by atoms with Gasteiger partial charge in [-0.05, 0) is 39.0 Å². The summed E-state index contributed by atoms with van der Waals surface area (Å²) in [5.41, 5.74) is 0.117. The van der Waals surface area contributed by atoms with Gasteiger partial charge in [-0.2, -0.15) is 0 Å². The molecular formula is C13H15ClO4. The van der Waals surface area contributed by atoms with Crippen molar-refractivity contribution in [1.82, 2.24) is 0 Å². The predicted molar refractivity (Wildman–Crippen MR) is 68.2 cm³/mol. The third-order valence-corrected chi connectivity index (χ3v) is 2.33. The van der Waals surface area contributed by atoms with Gasteiger partial charge in [0.1, 0.15) is 5.75 Å². The molecule has 0 radical (unpaired) electrons. The fraction of sp³-hybridized carbons (Fsp3) is 0.385. The van der Waals surface area contributed by atoms with E-state index in [1.807, 2.05) is 13.8 Å². The predicted octanol–water partition coefficient (Wildman–Crippen LogP) is 2.87. The van der Waals surface area contributed by atoms with Crippen LogP contribution in [0.2, 0.25) is 5.02 Å². The number of Topliss-reactive ketones (excluding diaryl/α,β-unsaturated/α-hetero) is 1. The smallest absolute Gasteiger partial charge is 0.379 e. The number of carbonyl (C=O) groups excluding carboxylic acids is 2. The van der Waals surface area contributed by atoms with Crippen LogP contribution in [0.4, 0.5) is 0 Å². The number of esters is 1. The summed E-state index contributed by atoms with van der Waals surface area (Å²) in [5.74, 6) is -1.11. The topological polar surface area (TPSA) is 52.6 Å². The highest BCUT2D eigenvalue weighted by molar-refractivity contribution is 6.45. The monoisotopic (exact) mass is 270 g/mol. The fourth-order valence-electron chi connectivity index (χ4n) is 1.33. The number of rotatable bonds is 5. The average Bonchev–Trinajstić information content (AvgIpc) is 2.28. The van der Waals surface area contributed by atoms with Crippen LogP contribution < -0.4 is 4.74 Å². The molecule has 1 rings (SSSR count). The molecule has 0 N–H and O–H groups in total. The zero-order valence-corrected chi connectivity index (χ0v) is 11.3. The average molecular weight is 271 g/mol. The third-order valence-electron chi connectivity index (χ3n) is 2.02. The lowest BCUT2D eigenvalue weighted by molar-refractivity contribution is -0.137. The van der Waals surface area contributed by atoms with Gasteiger partial charge in [-0.15, -0.1) is 0 Å². The van der Waals surface area contributed by atoms with Crippen LogP contribution in [0.1, 0.15) is 31.1 Å². The van der Waals surface area contributed by atoms with Crippen LogP contribution in [-0.2, 0) is 9.53 Å². The summed E-state index contributed by atoms with van der Waals surface area (Å²) in [7, 11) is 0. The molecule has 0 aromatic heterocycles. The maximum Gasteiger partial charge on any atom is 0.379 e. The van der Waals surface area contributed by atoms with Gasteiger partial charge in [-0.25, -0.2) is 4.79 Å². The van der Waals surface area contributed by atoms with E-state index in [0.717, 1.165) is 0 Å². The van der Waals surface area contributed by atoms with Crippen molar-refractivity contribution in [3.05, 3.63) is 28.8 Å². The van der Waals surface area contributed by atoms with Crippen molar-refractivity contribution < 1.29 is 19.1 Å². The van der Waals surface area contributed by atoms with Crippen molar-refractivity contribution in [3.8, 4) is 5.75 Å². The standard InChI is InChI=1S/C13H15ClO4/c1-4-17-13(16)12(15)10-6-5-9(7-11(10)14)18-8(2)3/h5-8H,4H2,1-3H3. The first-order chi connectivity index (χ1) is 8.45. The third kappa shape index (κ3) is 3.74. The number of hydrogen-bond acceptors (Lipinski definition) is 4. The minimum absolute atomic E-state index is 0.00711. The molecule has 0 atom stereocenters. The Morgan fingerprint density at radius 3 is 2.50 bits per heavy atom. The van der Waals surface area contributed by atoms with Crippen molar-refractivity contribution in [3.63, 3.8) is 0 Å². The number of ketones is 1. The summed E-state index contributed by atoms with van der Waals surface area (Å²) in [6.45, 7) is 5.54. The van der Waals surface area contributed by atoms with E-state index >= 15 is 0 Å². The molecule has 0 saturated heterocycles. The van der Waals surface area contributed by atoms with Gasteiger partial charge in [0.2, 0.25) is 0 Å². The lowest BCUT2D eigenvalue weighted by Gasteiger charge is -2.11. The Morgan fingerprint density at radius 1 is 1.33 bits per heavy atom. The largest absolute Gasteiger partial charge is 0.491 e. The van der Waals surface area contributed by atoms with Gasteiger partial charge in [0.05, 0.1) is 17.7 Å². The van der Waals surface area contributed by atoms with Crippen molar-refractivity contribution in [2.75, 3.05) is 6.61 Å². The van der Waals surface area contributed by atoms with E-state index in [0.29, 0.717) is 5.75 Å². The maximum absolute atomic E-state index is 11.7. The van der Waals surface area contributed by atoms with Gasteiger partial charge in [0.15, 0.2) is 0 Å². The number of benzene rings is 1. The Labute approximate surface area is 111 Å². The van der Waals surface area contributed by atoms with Gasteiger partial charge in [0.25, 0.3) is 5.78 Å². The first-order valence-electron chi connectivity index (χ1n) is 5.63. The van der Waals surface area contributed by atoms with Gasteiger partial charge in [0, 0.05) is 5.56 Å². The van der Waals surface area contributed by atoms with Crippen LogP contribution in [0, 0.1) is 0 Å². The van der Waals surface area contributed by atoms with Crippen molar-refractivity contribution in [2.45, 2.75) is 26.9 Å². The number of carbonyl (C=O) groups is 2. The molecule has 18 heavy (non-hydrogen) atoms. The van der Waals surface area contributed by atoms with Crippen LogP contribution in [-0.4, -0.2) is 24.5 Å². The van der Waals surface area contributed by atoms with Crippen LogP contribution in [0.15, 0.2) is 18.2 Å². The zero-order chi connectivity index (χ0) is 13.7. The summed E-state index contributed by atoms with van der Waals surface area (Å²) in [4.78, 5) is 23.0. The fourth-order valence-corrected chi connectivity index (χ4v) is 1.59. The molecule has 5 heteroatoms. The van der Waals surface area contributed by atoms with E-state index in [4.69, 9.17) is 16.3 Å². The molecule has 0 amide bonds. The minimum Gasteiger partial charge on any atom is -0.491 e. The molecular weight excluding hydrogens is 256 g/mol. The lowest BCUT2D eigenvalue weighted by atomic mass is 10.1. The summed E-state index contributed by atoms with van der Waals surface area (Å²) in [6, 6.07) is 4.56. The first kappa shape index (κ1) is 14.5. The number of hydrogen-bond donors (Lipinski definition) is 0. The van der Waals surface area contributed by atoms with E-state index in [1.165, 1.54) is 12.1 Å². The summed E-state index contributed by atoms with van der Waals surface area (Å²) < 4.78 is 10.1. The van der Waals surface area contributed by atoms with Crippen LogP contribution >= 0.6 is 11.6 Å². The Morgan fingerprint density at radius 2 is 2.00 bits per heavy atom. The van der Waals surface area contributed by atoms with E-state index in [-0.39, 0.29) is 23.3 Å². The highest BCUT2D eigenvalue weighted by atomic mass is 35.5. The van der Waals surface area contributed by atoms with E-state index in [9.17, 15) is 9.59 Å². The van der Waals surface area contributed by atoms with Gasteiger partial charge in [-0.3, -0.25) is 4.79 Å². The summed E-state index contributed by atoms with van der Waals surface area (Å²) >= 11 is 5.94. The van der Waals surface area contributed by atoms with E-state index in [2.05, 4.69) is 4.74 Å². The van der Waals surface area contributed by atoms with Crippen LogP contribution in [0.5, 0.6) is 5.75 Å². The van der Waals surface area contributed by atoms with Crippen molar-refractivity contribution >= 4 is 23.4 Å². The molecule has 98 valence electrons. The van der Waals surface area contributed by atoms with Crippen LogP contribution in [0.3, 0.4) is 0 Å². The Kier molecular flexibility index (Phi) is 5.16. The Balaban J connectivity index is 2.91. The molecule has 0 fully saturated rings. The minimum atomic E-state index is -0.906. The summed E-state index contributed by atoms with van der Waals surface area (Å²) in [6.07, 6.45) is 0.00711. The normalized spacial score (nSPS) is 10.3. The molecule has 1 aromatic rings. The van der Waals surface area contributed by atoms with E-state index < -0.39 is 11.8 Å². The highest BCUT2D eigenvalue weighted by Gasteiger charge is 2.20. The maximum atomic E-state index is 11.7. The quantitative estimate of drug-likeness (QED) is 0.469. The number of halogens is 1. The molecule has 0 spiro atoms. The lowest BCUT2D eigenvalue weighted by Crippen LogP contribution is -2.18. The molecule has 1 aromatic carbocycles. The van der Waals surface area contributed by atoms with Crippen molar-refractivity contribution in [2.24, 2.45) is 0 Å². The van der Waals surface area contributed by atoms with Gasteiger partial charge >= 0.3 is 5.97 Å². The van der Waals surface area contributed by atoms with Crippen molar-refractivity contribution in [1.29, 1.82) is 0 Å². The van der Waals surface area contributed by atoms with Gasteiger partial charge in [-0.1, -0.05) is 11.6 Å². The highest BCUT2D eigenvalue weighted by Crippen LogP contribution is 2.24. The van der Waals surface area contributed by atoms with Gasteiger partial charge < -0.3 is 9.47 Å². The number of ether oxygens (including phenoxy) is 2. The molecule has 0 heterocycles. The molecule has 0 aliphatic rings. The molecule has 0 unspecified atom stereocenters. The molecule has 0 aliphatic carbocycles. The molecule has 0 aliphatic heterocycles. The summed E-state index contributed by atoms with van der Waals surface area (Å²) in [5, 5.41) is 0.172. The second kappa shape index (κ2) is 6.40.